The predicted molar refractivity (Wildman–Crippen MR) is 149 cm³/mol. The highest BCUT2D eigenvalue weighted by molar-refractivity contribution is 7.17. The summed E-state index contributed by atoms with van der Waals surface area (Å²) in [7, 11) is 0. The van der Waals surface area contributed by atoms with Gasteiger partial charge >= 0.3 is 0 Å². The minimum absolute atomic E-state index is 0.0923. The lowest BCUT2D eigenvalue weighted by atomic mass is 9.97. The summed E-state index contributed by atoms with van der Waals surface area (Å²) in [6.45, 7) is 5.03. The fourth-order valence-corrected chi connectivity index (χ4v) is 5.99. The molecule has 0 radical (unpaired) electrons. The summed E-state index contributed by atoms with van der Waals surface area (Å²) in [6, 6.07) is 17.6. The van der Waals surface area contributed by atoms with E-state index >= 15 is 0 Å². The lowest BCUT2D eigenvalue weighted by molar-refractivity contribution is 0.0374. The molecule has 0 bridgehead atoms. The van der Waals surface area contributed by atoms with E-state index in [0.29, 0.717) is 17.7 Å². The Hall–Kier alpha value is -3.72. The normalized spacial score (nSPS) is 14.4. The first-order chi connectivity index (χ1) is 18.2. The van der Waals surface area contributed by atoms with Crippen LogP contribution >= 0.6 is 11.3 Å². The van der Waals surface area contributed by atoms with E-state index in [2.05, 4.69) is 37.7 Å². The molecule has 1 fully saturated rings. The first-order valence-electron chi connectivity index (χ1n) is 12.6. The highest BCUT2D eigenvalue weighted by Gasteiger charge is 2.21. The average Bonchev–Trinajstić information content (AvgIpc) is 3.52. The minimum Gasteiger partial charge on any atom is -0.379 e. The number of hydrogen-bond acceptors (Lipinski definition) is 5. The second kappa shape index (κ2) is 10.3. The Kier molecular flexibility index (Phi) is 6.61. The summed E-state index contributed by atoms with van der Waals surface area (Å²) >= 11 is 1.67. The van der Waals surface area contributed by atoms with Gasteiger partial charge in [-0.15, -0.1) is 11.3 Å². The number of nitrogens with one attached hydrogen (secondary N) is 3. The van der Waals surface area contributed by atoms with Crippen LogP contribution in [0.1, 0.15) is 16.8 Å². The third-order valence-electron chi connectivity index (χ3n) is 6.94. The fourth-order valence-electron chi connectivity index (χ4n) is 5.04. The molecule has 37 heavy (non-hydrogen) atoms. The van der Waals surface area contributed by atoms with Gasteiger partial charge in [0, 0.05) is 63.5 Å². The van der Waals surface area contributed by atoms with Crippen LogP contribution in [0, 0.1) is 0 Å². The van der Waals surface area contributed by atoms with Gasteiger partial charge in [0.1, 0.15) is 0 Å². The number of H-pyrrole nitrogens is 2. The summed E-state index contributed by atoms with van der Waals surface area (Å²) in [6.07, 6.45) is 2.53. The summed E-state index contributed by atoms with van der Waals surface area (Å²) in [5.41, 5.74) is 4.63. The molecule has 1 aliphatic rings. The van der Waals surface area contributed by atoms with E-state index in [0.717, 1.165) is 72.4 Å². The molecule has 0 spiro atoms. The molecule has 0 saturated carbocycles. The number of aromatic nitrogens is 2. The Balaban J connectivity index is 1.35. The van der Waals surface area contributed by atoms with Crippen LogP contribution in [0.5, 0.6) is 0 Å². The van der Waals surface area contributed by atoms with E-state index in [1.54, 1.807) is 17.5 Å². The van der Waals surface area contributed by atoms with Crippen LogP contribution in [0.15, 0.2) is 71.0 Å². The molecule has 3 N–H and O–H groups in total. The maximum absolute atomic E-state index is 13.1. The number of ether oxygens (including phenoxy) is 1. The molecule has 2 aromatic carbocycles. The zero-order chi connectivity index (χ0) is 25.2. The van der Waals surface area contributed by atoms with Crippen molar-refractivity contribution in [2.75, 3.05) is 39.4 Å². The summed E-state index contributed by atoms with van der Waals surface area (Å²) in [4.78, 5) is 34.5. The molecule has 0 aliphatic carbocycles. The van der Waals surface area contributed by atoms with Crippen molar-refractivity contribution in [3.05, 3.63) is 82.1 Å². The number of thiophene rings is 1. The van der Waals surface area contributed by atoms with Crippen molar-refractivity contribution in [2.45, 2.75) is 6.42 Å². The smallest absolute Gasteiger partial charge is 0.257 e. The molecule has 5 aromatic rings. The van der Waals surface area contributed by atoms with E-state index in [-0.39, 0.29) is 11.5 Å². The molecular formula is C29H28N4O3S. The van der Waals surface area contributed by atoms with Crippen molar-refractivity contribution in [1.29, 1.82) is 0 Å². The predicted octanol–water partition coefficient (Wildman–Crippen LogP) is 4.86. The van der Waals surface area contributed by atoms with E-state index in [1.807, 2.05) is 42.5 Å². The van der Waals surface area contributed by atoms with E-state index in [9.17, 15) is 9.59 Å². The van der Waals surface area contributed by atoms with Crippen molar-refractivity contribution in [2.24, 2.45) is 0 Å². The van der Waals surface area contributed by atoms with Crippen molar-refractivity contribution in [3.63, 3.8) is 0 Å². The van der Waals surface area contributed by atoms with Gasteiger partial charge in [-0.05, 0) is 54.7 Å². The molecular weight excluding hydrogens is 484 g/mol. The van der Waals surface area contributed by atoms with Gasteiger partial charge in [-0.3, -0.25) is 14.5 Å². The zero-order valence-electron chi connectivity index (χ0n) is 20.4. The van der Waals surface area contributed by atoms with E-state index in [1.165, 1.54) is 4.70 Å². The molecule has 6 rings (SSSR count). The van der Waals surface area contributed by atoms with Crippen LogP contribution in [0.3, 0.4) is 0 Å². The van der Waals surface area contributed by atoms with Crippen molar-refractivity contribution < 1.29 is 9.53 Å². The van der Waals surface area contributed by atoms with Crippen molar-refractivity contribution in [3.8, 4) is 22.4 Å². The van der Waals surface area contributed by atoms with Crippen LogP contribution < -0.4 is 10.9 Å². The number of rotatable bonds is 7. The lowest BCUT2D eigenvalue weighted by Crippen LogP contribution is -2.38. The molecule has 4 heterocycles. The van der Waals surface area contributed by atoms with E-state index < -0.39 is 0 Å². The zero-order valence-corrected chi connectivity index (χ0v) is 21.2. The van der Waals surface area contributed by atoms with Gasteiger partial charge in [0.05, 0.1) is 24.5 Å². The number of benzene rings is 2. The highest BCUT2D eigenvalue weighted by Crippen LogP contribution is 2.43. The average molecular weight is 513 g/mol. The monoisotopic (exact) mass is 512 g/mol. The lowest BCUT2D eigenvalue weighted by Gasteiger charge is -2.26. The van der Waals surface area contributed by atoms with Gasteiger partial charge in [-0.25, -0.2) is 0 Å². The van der Waals surface area contributed by atoms with Gasteiger partial charge in [-0.2, -0.15) is 0 Å². The third-order valence-corrected chi connectivity index (χ3v) is 7.90. The Morgan fingerprint density at radius 2 is 1.89 bits per heavy atom. The second-order valence-electron chi connectivity index (χ2n) is 9.26. The largest absolute Gasteiger partial charge is 0.379 e. The number of aromatic amines is 2. The van der Waals surface area contributed by atoms with Crippen LogP contribution in [0.25, 0.3) is 43.4 Å². The maximum atomic E-state index is 13.1. The molecule has 7 nitrogen and oxygen atoms in total. The third kappa shape index (κ3) is 4.71. The van der Waals surface area contributed by atoms with Crippen LogP contribution in [0.2, 0.25) is 0 Å². The summed E-state index contributed by atoms with van der Waals surface area (Å²) in [5, 5.41) is 7.25. The first-order valence-corrected chi connectivity index (χ1v) is 13.5. The van der Waals surface area contributed by atoms with Gasteiger partial charge in [0.25, 0.3) is 11.5 Å². The standard InChI is InChI=1S/C29H28N4O3S/c34-28(30-11-4-12-33-13-15-36-16-14-33)19-8-9-24-22(17-19)26(23-18-37-25-7-2-1-5-20(23)25)27(32-24)21-6-3-10-31-29(21)35/h1-3,5-10,17-18,32H,4,11-16H2,(H,30,34)(H,31,35). The molecule has 1 aliphatic heterocycles. The van der Waals surface area contributed by atoms with Gasteiger partial charge < -0.3 is 20.0 Å². The maximum Gasteiger partial charge on any atom is 0.257 e. The number of carbonyl (C=O) groups is 1. The van der Waals surface area contributed by atoms with Crippen molar-refractivity contribution in [1.82, 2.24) is 20.2 Å². The Bertz CT molecular complexity index is 1630. The minimum atomic E-state index is -0.159. The Morgan fingerprint density at radius 1 is 1.03 bits per heavy atom. The van der Waals surface area contributed by atoms with Gasteiger partial charge in [0.15, 0.2) is 0 Å². The quantitative estimate of drug-likeness (QED) is 0.272. The molecule has 0 atom stereocenters. The van der Waals surface area contributed by atoms with Gasteiger partial charge in [0.2, 0.25) is 0 Å². The van der Waals surface area contributed by atoms with Gasteiger partial charge in [-0.1, -0.05) is 18.2 Å². The Labute approximate surface area is 218 Å². The summed E-state index contributed by atoms with van der Waals surface area (Å²) in [5.74, 6) is -0.0923. The molecule has 1 saturated heterocycles. The van der Waals surface area contributed by atoms with Crippen LogP contribution in [0.4, 0.5) is 0 Å². The number of nitrogens with zero attached hydrogens (tertiary/aromatic N) is 1. The highest BCUT2D eigenvalue weighted by atomic mass is 32.1. The topological polar surface area (TPSA) is 90.2 Å². The SMILES string of the molecule is O=C(NCCCN1CCOCC1)c1ccc2[nH]c(-c3ccc[nH]c3=O)c(-c3csc4ccccc34)c2c1. The Morgan fingerprint density at radius 3 is 2.76 bits per heavy atom. The molecule has 0 unspecified atom stereocenters. The number of morpholine rings is 1. The van der Waals surface area contributed by atoms with E-state index in [4.69, 9.17) is 4.74 Å². The number of amides is 1. The second-order valence-corrected chi connectivity index (χ2v) is 10.2. The number of carbonyl (C=O) groups excluding carboxylic acids is 1. The first kappa shape index (κ1) is 23.7. The summed E-state index contributed by atoms with van der Waals surface area (Å²) < 4.78 is 6.58. The molecule has 8 heteroatoms. The number of hydrogen-bond donors (Lipinski definition) is 3. The van der Waals surface area contributed by atoms with Crippen LogP contribution in [-0.2, 0) is 4.74 Å². The van der Waals surface area contributed by atoms with Crippen LogP contribution in [-0.4, -0.2) is 60.2 Å². The number of pyridine rings is 1. The molecule has 3 aromatic heterocycles. The molecule has 1 amide bonds. The molecule has 188 valence electrons. The fraction of sp³-hybridized carbons (Fsp3) is 0.241. The van der Waals surface area contributed by atoms with Crippen molar-refractivity contribution >= 4 is 38.2 Å². The number of fused-ring (bicyclic) bond motifs is 2.